The predicted molar refractivity (Wildman–Crippen MR) is 121 cm³/mol. The number of anilines is 1. The van der Waals surface area contributed by atoms with E-state index in [9.17, 15) is 13.2 Å². The number of hydrogen-bond acceptors (Lipinski definition) is 2. The summed E-state index contributed by atoms with van der Waals surface area (Å²) in [5.41, 5.74) is 1.59. The van der Waals surface area contributed by atoms with Gasteiger partial charge >= 0.3 is 0 Å². The van der Waals surface area contributed by atoms with Crippen molar-refractivity contribution in [1.82, 2.24) is 5.32 Å². The number of nitrogens with zero attached hydrogens (tertiary/aromatic N) is 1. The van der Waals surface area contributed by atoms with Crippen molar-refractivity contribution in [1.29, 1.82) is 0 Å². The molecule has 0 saturated heterocycles. The minimum Gasteiger partial charge on any atom is -0.385 e. The Morgan fingerprint density at radius 3 is 2.61 bits per heavy atom. The summed E-state index contributed by atoms with van der Waals surface area (Å²) in [6, 6.07) is 0.725. The number of halogens is 5. The van der Waals surface area contributed by atoms with Gasteiger partial charge in [-0.05, 0) is 49.0 Å². The molecule has 1 aliphatic carbocycles. The third-order valence-electron chi connectivity index (χ3n) is 5.15. The van der Waals surface area contributed by atoms with E-state index < -0.39 is 23.5 Å². The third kappa shape index (κ3) is 5.03. The van der Waals surface area contributed by atoms with Crippen LogP contribution in [0.15, 0.2) is 70.8 Å². The van der Waals surface area contributed by atoms with Crippen LogP contribution in [0.2, 0.25) is 5.02 Å². The molecule has 1 N–H and O–H groups in total. The van der Waals surface area contributed by atoms with Gasteiger partial charge in [0.2, 0.25) is 0 Å². The molecule has 2 aliphatic rings. The van der Waals surface area contributed by atoms with E-state index in [0.29, 0.717) is 28.8 Å². The number of terminal acetylenes is 1. The molecule has 2 nitrogen and oxygen atoms in total. The SMILES string of the molecule is C#CC1/C(=C\C(F)=C(/C)Cl)C(=C)C(C(=C)NCC2CC2)=CN1c1c(F)cc(F)cc1Cl. The minimum absolute atomic E-state index is 0.0737. The van der Waals surface area contributed by atoms with Crippen LogP contribution in [0.4, 0.5) is 18.9 Å². The highest BCUT2D eigenvalue weighted by atomic mass is 35.5. The van der Waals surface area contributed by atoms with Crippen molar-refractivity contribution >= 4 is 28.9 Å². The van der Waals surface area contributed by atoms with Crippen LogP contribution in [0.3, 0.4) is 0 Å². The highest BCUT2D eigenvalue weighted by Crippen LogP contribution is 2.41. The number of allylic oxidation sites excluding steroid dienone is 4. The Bertz CT molecular complexity index is 1050. The van der Waals surface area contributed by atoms with Crippen LogP contribution in [0.25, 0.3) is 0 Å². The van der Waals surface area contributed by atoms with Gasteiger partial charge < -0.3 is 10.2 Å². The summed E-state index contributed by atoms with van der Waals surface area (Å²) in [6.45, 7) is 10.2. The van der Waals surface area contributed by atoms with E-state index in [0.717, 1.165) is 25.5 Å². The van der Waals surface area contributed by atoms with Crippen molar-refractivity contribution in [2.75, 3.05) is 11.4 Å². The quantitative estimate of drug-likeness (QED) is 0.467. The lowest BCUT2D eigenvalue weighted by molar-refractivity contribution is 0.581. The van der Waals surface area contributed by atoms with E-state index in [2.05, 4.69) is 24.4 Å². The maximum atomic E-state index is 14.8. The van der Waals surface area contributed by atoms with Gasteiger partial charge in [-0.25, -0.2) is 13.2 Å². The fourth-order valence-corrected chi connectivity index (χ4v) is 3.60. The van der Waals surface area contributed by atoms with Gasteiger partial charge in [0.15, 0.2) is 5.82 Å². The molecule has 1 saturated carbocycles. The zero-order valence-corrected chi connectivity index (χ0v) is 18.4. The van der Waals surface area contributed by atoms with E-state index in [-0.39, 0.29) is 21.3 Å². The van der Waals surface area contributed by atoms with E-state index in [1.165, 1.54) is 17.9 Å². The molecule has 1 aromatic rings. The molecule has 1 aliphatic heterocycles. The second-order valence-corrected chi connectivity index (χ2v) is 8.47. The van der Waals surface area contributed by atoms with Crippen LogP contribution in [0, 0.1) is 29.9 Å². The Labute approximate surface area is 190 Å². The first-order chi connectivity index (χ1) is 14.6. The van der Waals surface area contributed by atoms with Gasteiger partial charge in [-0.3, -0.25) is 0 Å². The van der Waals surface area contributed by atoms with Crippen LogP contribution in [0.5, 0.6) is 0 Å². The maximum absolute atomic E-state index is 14.8. The summed E-state index contributed by atoms with van der Waals surface area (Å²) >= 11 is 12.0. The highest BCUT2D eigenvalue weighted by molar-refractivity contribution is 6.33. The van der Waals surface area contributed by atoms with Crippen LogP contribution in [-0.2, 0) is 0 Å². The van der Waals surface area contributed by atoms with Gasteiger partial charge in [0.05, 0.1) is 15.7 Å². The molecule has 0 aromatic heterocycles. The molecule has 1 heterocycles. The molecular weight excluding hydrogens is 444 g/mol. The molecule has 0 spiro atoms. The van der Waals surface area contributed by atoms with Crippen molar-refractivity contribution in [3.8, 4) is 12.3 Å². The molecule has 0 bridgehead atoms. The number of rotatable bonds is 6. The largest absolute Gasteiger partial charge is 0.385 e. The van der Waals surface area contributed by atoms with Crippen LogP contribution in [0.1, 0.15) is 19.8 Å². The van der Waals surface area contributed by atoms with Gasteiger partial charge in [0.25, 0.3) is 0 Å². The summed E-state index contributed by atoms with van der Waals surface area (Å²) in [5, 5.41) is 2.98. The monoisotopic (exact) mass is 464 g/mol. The highest BCUT2D eigenvalue weighted by Gasteiger charge is 2.33. The maximum Gasteiger partial charge on any atom is 0.151 e. The van der Waals surface area contributed by atoms with Crippen molar-refractivity contribution in [2.45, 2.75) is 25.8 Å². The minimum atomic E-state index is -0.966. The molecule has 1 unspecified atom stereocenters. The van der Waals surface area contributed by atoms with Crippen LogP contribution < -0.4 is 10.2 Å². The van der Waals surface area contributed by atoms with Gasteiger partial charge in [0.1, 0.15) is 17.7 Å². The normalized spacial score (nSPS) is 20.9. The van der Waals surface area contributed by atoms with E-state index in [1.54, 1.807) is 6.20 Å². The molecule has 3 rings (SSSR count). The second-order valence-electron chi connectivity index (χ2n) is 7.50. The fraction of sp³-hybridized carbons (Fsp3) is 0.250. The first-order valence-corrected chi connectivity index (χ1v) is 10.4. The smallest absolute Gasteiger partial charge is 0.151 e. The number of benzene rings is 1. The first-order valence-electron chi connectivity index (χ1n) is 9.61. The van der Waals surface area contributed by atoms with E-state index >= 15 is 0 Å². The molecule has 7 heteroatoms. The zero-order valence-electron chi connectivity index (χ0n) is 16.9. The lowest BCUT2D eigenvalue weighted by Gasteiger charge is -2.37. The molecule has 1 aromatic carbocycles. The average molecular weight is 465 g/mol. The fourth-order valence-electron chi connectivity index (χ4n) is 3.25. The van der Waals surface area contributed by atoms with Gasteiger partial charge in [-0.1, -0.05) is 42.3 Å². The standard InChI is InChI=1S/C24H21Cl2F3N2/c1-5-23-18(10-21(28)14(3)25)13(2)19(15(4)30-11-16-6-7-16)12-31(23)24-20(26)8-17(27)9-22(24)29/h1,8-10,12,16,23,30H,2,4,6-7,11H2,3H3/b18-10-,21-14-. The molecule has 0 amide bonds. The Balaban J connectivity index is 2.16. The van der Waals surface area contributed by atoms with E-state index in [4.69, 9.17) is 29.6 Å². The van der Waals surface area contributed by atoms with Crippen molar-refractivity contribution in [3.63, 3.8) is 0 Å². The van der Waals surface area contributed by atoms with E-state index in [1.807, 2.05) is 0 Å². The summed E-state index contributed by atoms with van der Waals surface area (Å²) in [4.78, 5) is 1.35. The van der Waals surface area contributed by atoms with Crippen LogP contribution >= 0.6 is 23.2 Å². The molecule has 1 fully saturated rings. The summed E-state index contributed by atoms with van der Waals surface area (Å²) in [6.07, 6.45) is 10.7. The first kappa shape index (κ1) is 23.1. The Morgan fingerprint density at radius 2 is 2.06 bits per heavy atom. The van der Waals surface area contributed by atoms with Gasteiger partial charge in [-0.2, -0.15) is 0 Å². The predicted octanol–water partition coefficient (Wildman–Crippen LogP) is 6.76. The molecule has 1 atom stereocenters. The zero-order chi connectivity index (χ0) is 22.9. The van der Waals surface area contributed by atoms with Crippen molar-refractivity contribution in [3.05, 3.63) is 87.5 Å². The third-order valence-corrected chi connectivity index (χ3v) is 5.62. The summed E-state index contributed by atoms with van der Waals surface area (Å²) < 4.78 is 42.8. The Morgan fingerprint density at radius 1 is 1.39 bits per heavy atom. The molecule has 0 radical (unpaired) electrons. The van der Waals surface area contributed by atoms with Crippen molar-refractivity contribution < 1.29 is 13.2 Å². The lowest BCUT2D eigenvalue weighted by atomic mass is 9.87. The molecule has 31 heavy (non-hydrogen) atoms. The van der Waals surface area contributed by atoms with Crippen molar-refractivity contribution in [2.24, 2.45) is 5.92 Å². The second kappa shape index (κ2) is 9.30. The molecular formula is C24H21Cl2F3N2. The van der Waals surface area contributed by atoms with Gasteiger partial charge in [0, 0.05) is 30.1 Å². The Kier molecular flexibility index (Phi) is 6.93. The molecule has 162 valence electrons. The summed E-state index contributed by atoms with van der Waals surface area (Å²) in [5.74, 6) is 0.646. The lowest BCUT2D eigenvalue weighted by Crippen LogP contribution is -2.38. The number of nitrogens with one attached hydrogen (secondary N) is 1. The summed E-state index contributed by atoms with van der Waals surface area (Å²) in [7, 11) is 0. The number of hydrogen-bond donors (Lipinski definition) is 1. The Hall–Kier alpha value is -2.55. The van der Waals surface area contributed by atoms with Crippen LogP contribution in [-0.4, -0.2) is 12.6 Å². The topological polar surface area (TPSA) is 15.3 Å². The van der Waals surface area contributed by atoms with Gasteiger partial charge in [-0.15, -0.1) is 6.42 Å². The average Bonchev–Trinajstić information content (AvgIpc) is 3.51.